The van der Waals surface area contributed by atoms with Crippen LogP contribution in [-0.2, 0) is 9.47 Å². The van der Waals surface area contributed by atoms with Crippen molar-refractivity contribution < 1.29 is 14.3 Å². The van der Waals surface area contributed by atoms with Gasteiger partial charge in [0, 0.05) is 25.2 Å². The van der Waals surface area contributed by atoms with Crippen molar-refractivity contribution in [2.24, 2.45) is 5.92 Å². The highest BCUT2D eigenvalue weighted by molar-refractivity contribution is 5.67. The van der Waals surface area contributed by atoms with Crippen LogP contribution in [0.15, 0.2) is 0 Å². The lowest BCUT2D eigenvalue weighted by atomic mass is 10.0. The van der Waals surface area contributed by atoms with E-state index >= 15 is 0 Å². The summed E-state index contributed by atoms with van der Waals surface area (Å²) >= 11 is 0. The number of carbonyl (C=O) groups is 1. The maximum Gasteiger partial charge on any atom is 0.407 e. The van der Waals surface area contributed by atoms with Crippen LogP contribution in [0.3, 0.4) is 0 Å². The molecule has 2 rings (SSSR count). The molecule has 0 spiro atoms. The third-order valence-electron chi connectivity index (χ3n) is 3.95. The van der Waals surface area contributed by atoms with Gasteiger partial charge in [-0.15, -0.1) is 0 Å². The summed E-state index contributed by atoms with van der Waals surface area (Å²) in [7, 11) is 0. The lowest BCUT2D eigenvalue weighted by Gasteiger charge is -2.25. The Kier molecular flexibility index (Phi) is 5.27. The molecule has 0 aromatic heterocycles. The molecule has 116 valence electrons. The van der Waals surface area contributed by atoms with Crippen molar-refractivity contribution in [1.82, 2.24) is 10.6 Å². The Hall–Kier alpha value is -0.810. The Labute approximate surface area is 121 Å². The molecule has 0 radical (unpaired) electrons. The van der Waals surface area contributed by atoms with Crippen LogP contribution in [0.5, 0.6) is 0 Å². The fourth-order valence-electron chi connectivity index (χ4n) is 3.00. The smallest absolute Gasteiger partial charge is 0.407 e. The number of alkyl carbamates (subject to hydrolysis) is 1. The van der Waals surface area contributed by atoms with Crippen LogP contribution in [0.2, 0.25) is 0 Å². The van der Waals surface area contributed by atoms with Gasteiger partial charge in [0.2, 0.25) is 0 Å². The zero-order valence-corrected chi connectivity index (χ0v) is 12.9. The van der Waals surface area contributed by atoms with E-state index in [0.717, 1.165) is 19.6 Å². The Balaban J connectivity index is 1.72. The van der Waals surface area contributed by atoms with Gasteiger partial charge in [-0.25, -0.2) is 4.79 Å². The monoisotopic (exact) mass is 284 g/mol. The number of carbonyl (C=O) groups excluding carboxylic acids is 1. The Morgan fingerprint density at radius 3 is 2.75 bits per heavy atom. The largest absolute Gasteiger partial charge is 0.444 e. The Bertz CT molecular complexity index is 322. The van der Waals surface area contributed by atoms with Crippen LogP contribution in [0.25, 0.3) is 0 Å². The summed E-state index contributed by atoms with van der Waals surface area (Å²) in [6, 6.07) is 0.985. The number of hydrogen-bond donors (Lipinski definition) is 2. The first-order chi connectivity index (χ1) is 9.44. The maximum absolute atomic E-state index is 11.7. The minimum Gasteiger partial charge on any atom is -0.444 e. The molecule has 2 N–H and O–H groups in total. The van der Waals surface area contributed by atoms with Gasteiger partial charge >= 0.3 is 6.09 Å². The highest BCUT2D eigenvalue weighted by Gasteiger charge is 2.30. The van der Waals surface area contributed by atoms with Crippen LogP contribution in [0.1, 0.15) is 46.5 Å². The van der Waals surface area contributed by atoms with Gasteiger partial charge in [0.05, 0.1) is 6.61 Å². The van der Waals surface area contributed by atoms with Crippen LogP contribution < -0.4 is 10.6 Å². The van der Waals surface area contributed by atoms with E-state index in [1.807, 2.05) is 20.8 Å². The van der Waals surface area contributed by atoms with Crippen LogP contribution in [-0.4, -0.2) is 43.5 Å². The molecule has 5 heteroatoms. The van der Waals surface area contributed by atoms with Gasteiger partial charge in [-0.05, 0) is 46.0 Å². The Morgan fingerprint density at radius 1 is 1.30 bits per heavy atom. The molecule has 1 heterocycles. The average molecular weight is 284 g/mol. The van der Waals surface area contributed by atoms with E-state index in [-0.39, 0.29) is 6.09 Å². The van der Waals surface area contributed by atoms with Gasteiger partial charge in [-0.1, -0.05) is 6.42 Å². The molecule has 2 aliphatic rings. The third-order valence-corrected chi connectivity index (χ3v) is 3.95. The molecular weight excluding hydrogens is 256 g/mol. The molecule has 0 aromatic carbocycles. The van der Waals surface area contributed by atoms with E-state index in [0.29, 0.717) is 24.5 Å². The summed E-state index contributed by atoms with van der Waals surface area (Å²) in [5.41, 5.74) is -0.432. The molecule has 1 saturated carbocycles. The summed E-state index contributed by atoms with van der Waals surface area (Å²) in [6.07, 6.45) is 4.37. The lowest BCUT2D eigenvalue weighted by Crippen LogP contribution is -2.44. The number of nitrogens with one attached hydrogen (secondary N) is 2. The van der Waals surface area contributed by atoms with Crippen molar-refractivity contribution in [2.45, 2.75) is 64.1 Å². The van der Waals surface area contributed by atoms with Crippen molar-refractivity contribution in [1.29, 1.82) is 0 Å². The minimum atomic E-state index is -0.432. The number of rotatable bonds is 4. The van der Waals surface area contributed by atoms with Crippen LogP contribution in [0, 0.1) is 5.92 Å². The fraction of sp³-hybridized carbons (Fsp3) is 0.933. The summed E-state index contributed by atoms with van der Waals surface area (Å²) in [4.78, 5) is 11.7. The molecule has 0 aromatic rings. The van der Waals surface area contributed by atoms with Gasteiger partial charge in [0.1, 0.15) is 5.60 Å². The van der Waals surface area contributed by atoms with Crippen molar-refractivity contribution in [3.05, 3.63) is 0 Å². The van der Waals surface area contributed by atoms with E-state index in [4.69, 9.17) is 9.47 Å². The van der Waals surface area contributed by atoms with Crippen molar-refractivity contribution >= 4 is 6.09 Å². The fourth-order valence-corrected chi connectivity index (χ4v) is 3.00. The van der Waals surface area contributed by atoms with E-state index in [2.05, 4.69) is 10.6 Å². The second kappa shape index (κ2) is 6.76. The first-order valence-corrected chi connectivity index (χ1v) is 7.75. The molecule has 0 bridgehead atoms. The summed E-state index contributed by atoms with van der Waals surface area (Å²) < 4.78 is 10.7. The van der Waals surface area contributed by atoms with Gasteiger partial charge in [0.25, 0.3) is 0 Å². The van der Waals surface area contributed by atoms with Crippen LogP contribution >= 0.6 is 0 Å². The van der Waals surface area contributed by atoms with Crippen molar-refractivity contribution in [3.8, 4) is 0 Å². The predicted molar refractivity (Wildman–Crippen MR) is 77.7 cm³/mol. The highest BCUT2D eigenvalue weighted by Crippen LogP contribution is 2.26. The normalized spacial score (nSPS) is 30.4. The van der Waals surface area contributed by atoms with E-state index in [9.17, 15) is 4.79 Å². The van der Waals surface area contributed by atoms with Crippen molar-refractivity contribution in [2.75, 3.05) is 19.8 Å². The molecule has 1 amide bonds. The van der Waals surface area contributed by atoms with Gasteiger partial charge in [0.15, 0.2) is 0 Å². The van der Waals surface area contributed by atoms with Crippen LogP contribution in [0.4, 0.5) is 4.79 Å². The first-order valence-electron chi connectivity index (χ1n) is 7.75. The molecule has 1 saturated heterocycles. The van der Waals surface area contributed by atoms with E-state index < -0.39 is 5.60 Å². The van der Waals surface area contributed by atoms with E-state index in [1.54, 1.807) is 0 Å². The number of ether oxygens (including phenoxy) is 2. The first kappa shape index (κ1) is 15.6. The molecule has 3 atom stereocenters. The quantitative estimate of drug-likeness (QED) is 0.829. The topological polar surface area (TPSA) is 59.6 Å². The standard InChI is InChI=1S/C15H28N2O3/c1-15(2,3)20-14(18)16-9-11-5-4-6-13(11)17-12-7-8-19-10-12/h11-13,17H,4-10H2,1-3H3,(H,16,18). The number of hydrogen-bond acceptors (Lipinski definition) is 4. The minimum absolute atomic E-state index is 0.313. The maximum atomic E-state index is 11.7. The zero-order chi connectivity index (χ0) is 14.6. The van der Waals surface area contributed by atoms with E-state index in [1.165, 1.54) is 19.3 Å². The van der Waals surface area contributed by atoms with Crippen molar-refractivity contribution in [3.63, 3.8) is 0 Å². The second-order valence-corrected chi connectivity index (χ2v) is 6.91. The molecule has 3 unspecified atom stereocenters. The summed E-state index contributed by atoms with van der Waals surface area (Å²) in [5, 5.41) is 6.59. The predicted octanol–water partition coefficient (Wildman–Crippen LogP) is 2.06. The SMILES string of the molecule is CC(C)(C)OC(=O)NCC1CCCC1NC1CCOC1. The summed E-state index contributed by atoms with van der Waals surface area (Å²) in [6.45, 7) is 8.03. The molecule has 20 heavy (non-hydrogen) atoms. The number of amides is 1. The molecule has 5 nitrogen and oxygen atoms in total. The molecular formula is C15H28N2O3. The van der Waals surface area contributed by atoms with Gasteiger partial charge in [-0.2, -0.15) is 0 Å². The lowest BCUT2D eigenvalue weighted by molar-refractivity contribution is 0.0517. The second-order valence-electron chi connectivity index (χ2n) is 6.91. The molecule has 2 fully saturated rings. The molecule has 1 aliphatic heterocycles. The highest BCUT2D eigenvalue weighted by atomic mass is 16.6. The Morgan fingerprint density at radius 2 is 2.10 bits per heavy atom. The third kappa shape index (κ3) is 4.94. The summed E-state index contributed by atoms with van der Waals surface area (Å²) in [5.74, 6) is 0.503. The zero-order valence-electron chi connectivity index (χ0n) is 12.9. The van der Waals surface area contributed by atoms with Gasteiger partial charge in [-0.3, -0.25) is 0 Å². The average Bonchev–Trinajstić information content (AvgIpc) is 2.96. The molecule has 1 aliphatic carbocycles. The van der Waals surface area contributed by atoms with Gasteiger partial charge < -0.3 is 20.1 Å².